The summed E-state index contributed by atoms with van der Waals surface area (Å²) >= 11 is 0. The predicted molar refractivity (Wildman–Crippen MR) is 119 cm³/mol. The first kappa shape index (κ1) is 22.3. The molecular weight excluding hydrogens is 400 g/mol. The van der Waals surface area contributed by atoms with E-state index >= 15 is 0 Å². The van der Waals surface area contributed by atoms with Gasteiger partial charge in [0.15, 0.2) is 0 Å². The largest absolute Gasteiger partial charge is 0.495 e. The van der Waals surface area contributed by atoms with Crippen LogP contribution in [0.25, 0.3) is 0 Å². The Bertz CT molecular complexity index is 1020. The van der Waals surface area contributed by atoms with Gasteiger partial charge in [-0.25, -0.2) is 13.1 Å². The van der Waals surface area contributed by atoms with E-state index in [9.17, 15) is 13.2 Å². The van der Waals surface area contributed by atoms with Crippen molar-refractivity contribution in [3.8, 4) is 5.75 Å². The zero-order valence-electron chi connectivity index (χ0n) is 18.0. The van der Waals surface area contributed by atoms with E-state index in [4.69, 9.17) is 4.74 Å². The van der Waals surface area contributed by atoms with E-state index in [1.807, 2.05) is 24.3 Å². The number of methoxy groups -OCH3 is 1. The van der Waals surface area contributed by atoms with Gasteiger partial charge in [-0.05, 0) is 48.1 Å². The van der Waals surface area contributed by atoms with Crippen LogP contribution in [0.4, 0.5) is 5.69 Å². The molecule has 1 saturated carbocycles. The average molecular weight is 431 g/mol. The van der Waals surface area contributed by atoms with Crippen LogP contribution < -0.4 is 14.8 Å². The Morgan fingerprint density at radius 3 is 2.37 bits per heavy atom. The van der Waals surface area contributed by atoms with E-state index < -0.39 is 10.0 Å². The van der Waals surface area contributed by atoms with Crippen molar-refractivity contribution in [2.24, 2.45) is 0 Å². The second kappa shape index (κ2) is 8.78. The van der Waals surface area contributed by atoms with Gasteiger partial charge < -0.3 is 10.1 Å². The summed E-state index contributed by atoms with van der Waals surface area (Å²) in [7, 11) is -2.38. The fourth-order valence-electron chi connectivity index (χ4n) is 3.80. The van der Waals surface area contributed by atoms with E-state index in [0.29, 0.717) is 5.69 Å². The quantitative estimate of drug-likeness (QED) is 0.708. The number of carbonyl (C=O) groups excluding carboxylic acids is 1. The van der Waals surface area contributed by atoms with Gasteiger partial charge in [0.1, 0.15) is 10.6 Å². The normalized spacial score (nSPS) is 15.2. The van der Waals surface area contributed by atoms with Gasteiger partial charge in [-0.15, -0.1) is 0 Å². The summed E-state index contributed by atoms with van der Waals surface area (Å²) in [6, 6.07) is 12.0. The minimum Gasteiger partial charge on any atom is -0.495 e. The molecule has 0 radical (unpaired) electrons. The van der Waals surface area contributed by atoms with Crippen LogP contribution in [-0.4, -0.2) is 27.5 Å². The van der Waals surface area contributed by atoms with E-state index in [-0.39, 0.29) is 33.6 Å². The van der Waals surface area contributed by atoms with Gasteiger partial charge >= 0.3 is 0 Å². The molecule has 3 rings (SSSR count). The van der Waals surface area contributed by atoms with Gasteiger partial charge in [0.05, 0.1) is 7.11 Å². The lowest BCUT2D eigenvalue weighted by molar-refractivity contribution is 0.102. The van der Waals surface area contributed by atoms with E-state index in [1.165, 1.54) is 19.2 Å². The fraction of sp³-hybridized carbons (Fsp3) is 0.435. The van der Waals surface area contributed by atoms with Gasteiger partial charge in [-0.3, -0.25) is 4.79 Å². The molecule has 1 amide bonds. The summed E-state index contributed by atoms with van der Waals surface area (Å²) in [6.07, 6.45) is 3.68. The van der Waals surface area contributed by atoms with Crippen LogP contribution in [0.1, 0.15) is 62.4 Å². The number of hydrogen-bond acceptors (Lipinski definition) is 4. The second-order valence-corrected chi connectivity index (χ2v) is 10.4. The summed E-state index contributed by atoms with van der Waals surface area (Å²) in [6.45, 7) is 6.22. The molecule has 0 aliphatic heterocycles. The Morgan fingerprint density at radius 1 is 1.07 bits per heavy atom. The highest BCUT2D eigenvalue weighted by molar-refractivity contribution is 7.89. The molecule has 1 aliphatic carbocycles. The maximum atomic E-state index is 13.0. The molecule has 2 N–H and O–H groups in total. The van der Waals surface area contributed by atoms with Crippen molar-refractivity contribution in [1.29, 1.82) is 0 Å². The topological polar surface area (TPSA) is 84.5 Å². The Kier molecular flexibility index (Phi) is 6.53. The first-order chi connectivity index (χ1) is 14.1. The highest BCUT2D eigenvalue weighted by atomic mass is 32.2. The maximum absolute atomic E-state index is 13.0. The molecule has 0 spiro atoms. The molecule has 30 heavy (non-hydrogen) atoms. The van der Waals surface area contributed by atoms with Crippen LogP contribution in [0, 0.1) is 0 Å². The summed E-state index contributed by atoms with van der Waals surface area (Å²) in [4.78, 5) is 12.9. The Balaban J connectivity index is 1.90. The lowest BCUT2D eigenvalue weighted by atomic mass is 9.86. The zero-order valence-corrected chi connectivity index (χ0v) is 18.8. The lowest BCUT2D eigenvalue weighted by Gasteiger charge is -2.23. The number of para-hydroxylation sites is 1. The van der Waals surface area contributed by atoms with Crippen molar-refractivity contribution >= 4 is 21.6 Å². The van der Waals surface area contributed by atoms with Gasteiger partial charge in [0.2, 0.25) is 10.0 Å². The molecule has 0 atom stereocenters. The third-order valence-electron chi connectivity index (χ3n) is 5.38. The number of rotatable bonds is 6. The molecule has 0 unspecified atom stereocenters. The highest BCUT2D eigenvalue weighted by Crippen LogP contribution is 2.31. The smallest absolute Gasteiger partial charge is 0.255 e. The number of sulfonamides is 1. The van der Waals surface area contributed by atoms with Crippen LogP contribution in [-0.2, 0) is 15.4 Å². The monoisotopic (exact) mass is 430 g/mol. The van der Waals surface area contributed by atoms with Crippen LogP contribution >= 0.6 is 0 Å². The molecule has 0 bridgehead atoms. The molecule has 2 aromatic carbocycles. The highest BCUT2D eigenvalue weighted by Gasteiger charge is 2.27. The molecule has 6 nitrogen and oxygen atoms in total. The molecular formula is C23H30N2O4S. The molecule has 0 aromatic heterocycles. The van der Waals surface area contributed by atoms with Crippen LogP contribution in [0.3, 0.4) is 0 Å². The second-order valence-electron chi connectivity index (χ2n) is 8.72. The first-order valence-electron chi connectivity index (χ1n) is 10.2. The Morgan fingerprint density at radius 2 is 1.73 bits per heavy atom. The maximum Gasteiger partial charge on any atom is 0.255 e. The third kappa shape index (κ3) is 5.02. The number of nitrogens with one attached hydrogen (secondary N) is 2. The fourth-order valence-corrected chi connectivity index (χ4v) is 5.29. The van der Waals surface area contributed by atoms with E-state index in [1.54, 1.807) is 6.07 Å². The minimum absolute atomic E-state index is 0.0198. The summed E-state index contributed by atoms with van der Waals surface area (Å²) in [5, 5.41) is 2.93. The van der Waals surface area contributed by atoms with Crippen LogP contribution in [0.15, 0.2) is 47.4 Å². The zero-order chi connectivity index (χ0) is 21.9. The number of ether oxygens (including phenoxy) is 1. The van der Waals surface area contributed by atoms with Gasteiger partial charge in [-0.2, -0.15) is 0 Å². The van der Waals surface area contributed by atoms with Crippen molar-refractivity contribution in [1.82, 2.24) is 4.72 Å². The lowest BCUT2D eigenvalue weighted by Crippen LogP contribution is -2.33. The minimum atomic E-state index is -3.80. The van der Waals surface area contributed by atoms with Crippen molar-refractivity contribution in [2.45, 2.75) is 62.8 Å². The standard InChI is InChI=1S/C23H30N2O4S/c1-23(2,3)18-11-7-8-12-19(18)24-22(26)16-13-14-20(29-4)21(15-16)30(27,28)25-17-9-5-6-10-17/h7-8,11-15,17,25H,5-6,9-10H2,1-4H3,(H,24,26). The number of carbonyl (C=O) groups is 1. The Labute approximate surface area is 179 Å². The number of anilines is 1. The molecule has 1 fully saturated rings. The van der Waals surface area contributed by atoms with Crippen LogP contribution in [0.2, 0.25) is 0 Å². The predicted octanol–water partition coefficient (Wildman–Crippen LogP) is 4.47. The van der Waals surface area contributed by atoms with Gasteiger partial charge in [-0.1, -0.05) is 51.8 Å². The summed E-state index contributed by atoms with van der Waals surface area (Å²) in [5.41, 5.74) is 1.82. The summed E-state index contributed by atoms with van der Waals surface area (Å²) < 4.78 is 33.9. The molecule has 0 heterocycles. The van der Waals surface area contributed by atoms with Crippen molar-refractivity contribution < 1.29 is 17.9 Å². The van der Waals surface area contributed by atoms with Crippen LogP contribution in [0.5, 0.6) is 5.75 Å². The van der Waals surface area contributed by atoms with Crippen molar-refractivity contribution in [3.05, 3.63) is 53.6 Å². The van der Waals surface area contributed by atoms with Crippen molar-refractivity contribution in [3.63, 3.8) is 0 Å². The number of amides is 1. The SMILES string of the molecule is COc1ccc(C(=O)Nc2ccccc2C(C)(C)C)cc1S(=O)(=O)NC1CCCC1. The van der Waals surface area contributed by atoms with E-state index in [0.717, 1.165) is 31.2 Å². The molecule has 162 valence electrons. The summed E-state index contributed by atoms with van der Waals surface area (Å²) in [5.74, 6) is -0.154. The number of benzene rings is 2. The Hall–Kier alpha value is -2.38. The molecule has 2 aromatic rings. The van der Waals surface area contributed by atoms with Gasteiger partial charge in [0.25, 0.3) is 5.91 Å². The molecule has 0 saturated heterocycles. The average Bonchev–Trinajstić information content (AvgIpc) is 3.19. The first-order valence-corrected chi connectivity index (χ1v) is 11.7. The molecule has 1 aliphatic rings. The van der Waals surface area contributed by atoms with E-state index in [2.05, 4.69) is 30.8 Å². The van der Waals surface area contributed by atoms with Gasteiger partial charge in [0, 0.05) is 17.3 Å². The third-order valence-corrected chi connectivity index (χ3v) is 6.92. The molecule has 7 heteroatoms. The van der Waals surface area contributed by atoms with Crippen molar-refractivity contribution in [2.75, 3.05) is 12.4 Å². The number of hydrogen-bond donors (Lipinski definition) is 2.